The molecule has 0 fully saturated rings. The van der Waals surface area contributed by atoms with Gasteiger partial charge in [0.2, 0.25) is 0 Å². The maximum atomic E-state index is 12.1. The van der Waals surface area contributed by atoms with Gasteiger partial charge in [0.1, 0.15) is 0 Å². The summed E-state index contributed by atoms with van der Waals surface area (Å²) in [5.41, 5.74) is 5.67. The average molecular weight is 307 g/mol. The smallest absolute Gasteiger partial charge is 0.292 e. The van der Waals surface area contributed by atoms with Crippen molar-refractivity contribution in [2.75, 3.05) is 19.0 Å². The molecule has 1 aromatic heterocycles. The second kappa shape index (κ2) is 6.31. The number of aromatic amines is 1. The normalized spacial score (nSPS) is 11.0. The summed E-state index contributed by atoms with van der Waals surface area (Å²) in [4.78, 5) is 14.2. The molecule has 1 heterocycles. The highest BCUT2D eigenvalue weighted by molar-refractivity contribution is 6.04. The molecule has 0 radical (unpaired) electrons. The summed E-state index contributed by atoms with van der Waals surface area (Å²) in [6.45, 7) is 0. The average Bonchev–Trinajstić information content (AvgIpc) is 2.99. The van der Waals surface area contributed by atoms with Gasteiger partial charge in [-0.3, -0.25) is 9.89 Å². The number of hydrogen-bond acceptors (Lipinski definition) is 4. The summed E-state index contributed by atoms with van der Waals surface area (Å²) in [5.74, 6) is -0.344. The molecule has 2 aromatic carbocycles. The lowest BCUT2D eigenvalue weighted by Crippen LogP contribution is -2.18. The van der Waals surface area contributed by atoms with Crippen molar-refractivity contribution in [2.45, 2.75) is 0 Å². The van der Waals surface area contributed by atoms with Crippen molar-refractivity contribution >= 4 is 28.7 Å². The molecule has 1 amide bonds. The number of carbonyl (C=O) groups is 1. The molecule has 0 atom stereocenters. The van der Waals surface area contributed by atoms with E-state index >= 15 is 0 Å². The van der Waals surface area contributed by atoms with Gasteiger partial charge in [-0.25, -0.2) is 5.43 Å². The van der Waals surface area contributed by atoms with E-state index in [-0.39, 0.29) is 5.91 Å². The van der Waals surface area contributed by atoms with E-state index in [1.54, 1.807) is 6.21 Å². The van der Waals surface area contributed by atoms with Gasteiger partial charge in [0, 0.05) is 25.2 Å². The number of para-hydroxylation sites is 1. The molecule has 0 aliphatic heterocycles. The van der Waals surface area contributed by atoms with Gasteiger partial charge < -0.3 is 4.90 Å². The largest absolute Gasteiger partial charge is 0.378 e. The van der Waals surface area contributed by atoms with Crippen LogP contribution in [0.2, 0.25) is 0 Å². The lowest BCUT2D eigenvalue weighted by molar-refractivity contribution is 0.0951. The van der Waals surface area contributed by atoms with E-state index < -0.39 is 0 Å². The van der Waals surface area contributed by atoms with Crippen LogP contribution < -0.4 is 10.3 Å². The number of benzene rings is 2. The first-order valence-electron chi connectivity index (χ1n) is 7.19. The Kier molecular flexibility index (Phi) is 4.05. The number of anilines is 1. The van der Waals surface area contributed by atoms with Crippen molar-refractivity contribution < 1.29 is 4.79 Å². The van der Waals surface area contributed by atoms with E-state index in [0.717, 1.165) is 22.2 Å². The van der Waals surface area contributed by atoms with Crippen molar-refractivity contribution in [3.05, 3.63) is 59.8 Å². The van der Waals surface area contributed by atoms with Gasteiger partial charge in [0.25, 0.3) is 5.91 Å². The molecule has 116 valence electrons. The molecule has 3 rings (SSSR count). The van der Waals surface area contributed by atoms with Crippen LogP contribution in [0.5, 0.6) is 0 Å². The van der Waals surface area contributed by atoms with Gasteiger partial charge in [0.15, 0.2) is 5.69 Å². The molecule has 0 spiro atoms. The summed E-state index contributed by atoms with van der Waals surface area (Å²) >= 11 is 0. The van der Waals surface area contributed by atoms with Crippen molar-refractivity contribution in [1.82, 2.24) is 15.6 Å². The van der Waals surface area contributed by atoms with E-state index in [0.29, 0.717) is 5.69 Å². The standard InChI is InChI=1S/C17H17N5O/c1-22(2)13-9-7-12(8-10-13)11-18-21-17(23)16-14-5-3-4-6-15(14)19-20-16/h3-11H,1-2H3,(H,19,20)(H,21,23)/b18-11+. The van der Waals surface area contributed by atoms with Crippen molar-refractivity contribution in [1.29, 1.82) is 0 Å². The van der Waals surface area contributed by atoms with Crippen molar-refractivity contribution in [3.63, 3.8) is 0 Å². The Hall–Kier alpha value is -3.15. The van der Waals surface area contributed by atoms with E-state index in [4.69, 9.17) is 0 Å². The fourth-order valence-electron chi connectivity index (χ4n) is 2.21. The number of hydrogen-bond donors (Lipinski definition) is 2. The van der Waals surface area contributed by atoms with Gasteiger partial charge in [0.05, 0.1) is 11.7 Å². The highest BCUT2D eigenvalue weighted by Crippen LogP contribution is 2.14. The maximum Gasteiger partial charge on any atom is 0.292 e. The van der Waals surface area contributed by atoms with Crippen LogP contribution >= 0.6 is 0 Å². The van der Waals surface area contributed by atoms with Gasteiger partial charge in [-0.15, -0.1) is 0 Å². The predicted octanol–water partition coefficient (Wildman–Crippen LogP) is 2.39. The zero-order chi connectivity index (χ0) is 16.2. The SMILES string of the molecule is CN(C)c1ccc(/C=N/NC(=O)c2n[nH]c3ccccc23)cc1. The first-order chi connectivity index (χ1) is 11.1. The second-order valence-electron chi connectivity index (χ2n) is 5.30. The number of fused-ring (bicyclic) bond motifs is 1. The molecular weight excluding hydrogens is 290 g/mol. The first kappa shape index (κ1) is 14.8. The molecule has 3 aromatic rings. The molecule has 0 saturated heterocycles. The third-order valence-electron chi connectivity index (χ3n) is 3.47. The highest BCUT2D eigenvalue weighted by Gasteiger charge is 2.12. The van der Waals surface area contributed by atoms with Crippen LogP contribution in [-0.4, -0.2) is 36.4 Å². The summed E-state index contributed by atoms with van der Waals surface area (Å²) in [6.07, 6.45) is 1.60. The molecule has 0 unspecified atom stereocenters. The zero-order valence-electron chi connectivity index (χ0n) is 12.9. The van der Waals surface area contributed by atoms with E-state index in [9.17, 15) is 4.79 Å². The highest BCUT2D eigenvalue weighted by atomic mass is 16.2. The lowest BCUT2D eigenvalue weighted by atomic mass is 10.2. The zero-order valence-corrected chi connectivity index (χ0v) is 12.9. The van der Waals surface area contributed by atoms with Crippen molar-refractivity contribution in [2.24, 2.45) is 5.10 Å². The number of nitrogens with zero attached hydrogens (tertiary/aromatic N) is 3. The number of rotatable bonds is 4. The maximum absolute atomic E-state index is 12.1. The summed E-state index contributed by atoms with van der Waals surface area (Å²) in [5, 5.41) is 11.6. The first-order valence-corrected chi connectivity index (χ1v) is 7.19. The van der Waals surface area contributed by atoms with Crippen LogP contribution in [0.1, 0.15) is 16.1 Å². The molecule has 2 N–H and O–H groups in total. The summed E-state index contributed by atoms with van der Waals surface area (Å²) < 4.78 is 0. The number of carbonyl (C=O) groups excluding carboxylic acids is 1. The Morgan fingerprint density at radius 1 is 1.17 bits per heavy atom. The Morgan fingerprint density at radius 3 is 2.65 bits per heavy atom. The number of nitrogens with one attached hydrogen (secondary N) is 2. The monoisotopic (exact) mass is 307 g/mol. The van der Waals surface area contributed by atoms with Crippen molar-refractivity contribution in [3.8, 4) is 0 Å². The van der Waals surface area contributed by atoms with Crippen LogP contribution in [0.4, 0.5) is 5.69 Å². The molecule has 0 aliphatic rings. The molecular formula is C17H17N5O. The molecule has 0 bridgehead atoms. The van der Waals surface area contributed by atoms with E-state index in [1.807, 2.05) is 67.5 Å². The quantitative estimate of drug-likeness (QED) is 0.574. The second-order valence-corrected chi connectivity index (χ2v) is 5.30. The predicted molar refractivity (Wildman–Crippen MR) is 91.9 cm³/mol. The number of amides is 1. The van der Waals surface area contributed by atoms with Gasteiger partial charge in [-0.2, -0.15) is 10.2 Å². The Bertz CT molecular complexity index is 849. The number of aromatic nitrogens is 2. The van der Waals surface area contributed by atoms with Crippen LogP contribution in [0.3, 0.4) is 0 Å². The molecule has 0 saturated carbocycles. The Balaban J connectivity index is 1.69. The lowest BCUT2D eigenvalue weighted by Gasteiger charge is -2.11. The van der Waals surface area contributed by atoms with Crippen LogP contribution in [0.25, 0.3) is 10.9 Å². The molecule has 6 heteroatoms. The fraction of sp³-hybridized carbons (Fsp3) is 0.118. The molecule has 0 aliphatic carbocycles. The van der Waals surface area contributed by atoms with Gasteiger partial charge >= 0.3 is 0 Å². The van der Waals surface area contributed by atoms with E-state index in [1.165, 1.54) is 0 Å². The van der Waals surface area contributed by atoms with Gasteiger partial charge in [-0.05, 0) is 23.8 Å². The third-order valence-corrected chi connectivity index (χ3v) is 3.47. The number of H-pyrrole nitrogens is 1. The minimum absolute atomic E-state index is 0.334. The molecule has 6 nitrogen and oxygen atoms in total. The Labute approximate surface area is 133 Å². The van der Waals surface area contributed by atoms with Crippen LogP contribution in [0.15, 0.2) is 53.6 Å². The summed E-state index contributed by atoms with van der Waals surface area (Å²) in [6, 6.07) is 15.3. The molecule has 23 heavy (non-hydrogen) atoms. The fourth-order valence-corrected chi connectivity index (χ4v) is 2.21. The van der Waals surface area contributed by atoms with Gasteiger partial charge in [-0.1, -0.05) is 30.3 Å². The summed E-state index contributed by atoms with van der Waals surface area (Å²) in [7, 11) is 3.97. The van der Waals surface area contributed by atoms with Crippen LogP contribution in [-0.2, 0) is 0 Å². The van der Waals surface area contributed by atoms with E-state index in [2.05, 4.69) is 20.7 Å². The minimum Gasteiger partial charge on any atom is -0.378 e. The number of hydrazone groups is 1. The van der Waals surface area contributed by atoms with Crippen LogP contribution in [0, 0.1) is 0 Å². The third kappa shape index (κ3) is 3.21. The topological polar surface area (TPSA) is 73.4 Å². The Morgan fingerprint density at radius 2 is 1.91 bits per heavy atom. The minimum atomic E-state index is -0.344.